The monoisotopic (exact) mass is 518 g/mol. The highest BCUT2D eigenvalue weighted by Gasteiger charge is 2.25. The van der Waals surface area contributed by atoms with Gasteiger partial charge in [-0.15, -0.1) is 0 Å². The summed E-state index contributed by atoms with van der Waals surface area (Å²) in [7, 11) is 0. The highest BCUT2D eigenvalue weighted by molar-refractivity contribution is 6.34. The van der Waals surface area contributed by atoms with Crippen molar-refractivity contribution in [2.24, 2.45) is 0 Å². The molecular weight excluding hydrogens is 488 g/mol. The summed E-state index contributed by atoms with van der Waals surface area (Å²) in [5.74, 6) is 0.815. The molecule has 0 atom stereocenters. The van der Waals surface area contributed by atoms with Crippen LogP contribution in [0.5, 0.6) is 5.75 Å². The summed E-state index contributed by atoms with van der Waals surface area (Å²) >= 11 is 6.37. The zero-order valence-electron chi connectivity index (χ0n) is 20.7. The summed E-state index contributed by atoms with van der Waals surface area (Å²) < 4.78 is 5.59. The van der Waals surface area contributed by atoms with Gasteiger partial charge >= 0.3 is 6.03 Å². The molecule has 5 rings (SSSR count). The summed E-state index contributed by atoms with van der Waals surface area (Å²) in [6, 6.07) is 21.6. The van der Waals surface area contributed by atoms with Gasteiger partial charge in [0, 0.05) is 56.0 Å². The fourth-order valence-corrected chi connectivity index (χ4v) is 5.04. The minimum Gasteiger partial charge on any atom is -0.493 e. The zero-order valence-corrected chi connectivity index (χ0v) is 21.5. The van der Waals surface area contributed by atoms with Crippen LogP contribution >= 0.6 is 11.6 Å². The van der Waals surface area contributed by atoms with Crippen molar-refractivity contribution in [1.29, 1.82) is 0 Å². The first kappa shape index (κ1) is 25.0. The summed E-state index contributed by atoms with van der Waals surface area (Å²) in [4.78, 5) is 29.3. The standard InChI is InChI=1S/C29H31ClN4O3/c30-25-13-14-26-24(15-20-37-26)28(25)32-29(36)34-18-16-33(17-19-34)23-11-9-22(10-12-23)31-27(35)8-4-7-21-5-2-1-3-6-21/h1-3,5-6,9-14H,4,7-8,15-20H2,(H,31,35)(H,32,36). The van der Waals surface area contributed by atoms with E-state index in [-0.39, 0.29) is 11.9 Å². The summed E-state index contributed by atoms with van der Waals surface area (Å²) in [6.45, 7) is 3.27. The third-order valence-electron chi connectivity index (χ3n) is 6.86. The number of urea groups is 1. The fourth-order valence-electron chi connectivity index (χ4n) is 4.81. The number of nitrogens with zero attached hydrogens (tertiary/aromatic N) is 2. The second kappa shape index (κ2) is 11.6. The number of aryl methyl sites for hydroxylation is 1. The number of halogens is 1. The van der Waals surface area contributed by atoms with E-state index in [9.17, 15) is 9.59 Å². The van der Waals surface area contributed by atoms with Crippen LogP contribution in [0.25, 0.3) is 0 Å². The number of benzene rings is 3. The highest BCUT2D eigenvalue weighted by atomic mass is 35.5. The number of piperazine rings is 1. The van der Waals surface area contributed by atoms with Gasteiger partial charge in [0.15, 0.2) is 0 Å². The zero-order chi connectivity index (χ0) is 25.6. The number of anilines is 3. The summed E-state index contributed by atoms with van der Waals surface area (Å²) in [5, 5.41) is 6.52. The molecule has 3 aromatic rings. The number of amides is 3. The van der Waals surface area contributed by atoms with Crippen molar-refractivity contribution < 1.29 is 14.3 Å². The third-order valence-corrected chi connectivity index (χ3v) is 7.17. The van der Waals surface area contributed by atoms with Crippen molar-refractivity contribution in [2.75, 3.05) is 48.3 Å². The minimum atomic E-state index is -0.146. The Kier molecular flexibility index (Phi) is 7.80. The maximum absolute atomic E-state index is 12.9. The quantitative estimate of drug-likeness (QED) is 0.427. The Hall–Kier alpha value is -3.71. The Balaban J connectivity index is 1.08. The largest absolute Gasteiger partial charge is 0.493 e. The average molecular weight is 519 g/mol. The fraction of sp³-hybridized carbons (Fsp3) is 0.310. The van der Waals surface area contributed by atoms with Crippen molar-refractivity contribution in [2.45, 2.75) is 25.7 Å². The molecule has 0 unspecified atom stereocenters. The molecule has 3 amide bonds. The second-order valence-corrected chi connectivity index (χ2v) is 9.74. The van der Waals surface area contributed by atoms with Gasteiger partial charge in [0.25, 0.3) is 0 Å². The Morgan fingerprint density at radius 2 is 1.65 bits per heavy atom. The van der Waals surface area contributed by atoms with Crippen molar-refractivity contribution in [3.8, 4) is 5.75 Å². The number of hydrogen-bond acceptors (Lipinski definition) is 4. The van der Waals surface area contributed by atoms with E-state index in [0.717, 1.165) is 55.0 Å². The molecule has 0 aromatic heterocycles. The van der Waals surface area contributed by atoms with E-state index >= 15 is 0 Å². The molecule has 0 spiro atoms. The van der Waals surface area contributed by atoms with Gasteiger partial charge < -0.3 is 25.2 Å². The number of rotatable bonds is 7. The molecule has 0 bridgehead atoms. The number of ether oxygens (including phenoxy) is 1. The molecule has 2 N–H and O–H groups in total. The average Bonchev–Trinajstić information content (AvgIpc) is 3.41. The molecule has 37 heavy (non-hydrogen) atoms. The van der Waals surface area contributed by atoms with Gasteiger partial charge in [-0.05, 0) is 54.8 Å². The van der Waals surface area contributed by atoms with E-state index < -0.39 is 0 Å². The molecular formula is C29H31ClN4O3. The van der Waals surface area contributed by atoms with Crippen LogP contribution in [-0.2, 0) is 17.6 Å². The van der Waals surface area contributed by atoms with Gasteiger partial charge in [-0.1, -0.05) is 41.9 Å². The van der Waals surface area contributed by atoms with Crippen molar-refractivity contribution in [3.63, 3.8) is 0 Å². The van der Waals surface area contributed by atoms with Crippen LogP contribution in [-0.4, -0.2) is 49.6 Å². The van der Waals surface area contributed by atoms with Crippen molar-refractivity contribution >= 4 is 40.6 Å². The molecule has 2 heterocycles. The predicted molar refractivity (Wildman–Crippen MR) is 148 cm³/mol. The molecule has 3 aromatic carbocycles. The van der Waals surface area contributed by atoms with Crippen LogP contribution in [0.2, 0.25) is 5.02 Å². The number of carbonyl (C=O) groups is 2. The van der Waals surface area contributed by atoms with E-state index in [4.69, 9.17) is 16.3 Å². The summed E-state index contributed by atoms with van der Waals surface area (Å²) in [6.07, 6.45) is 2.94. The number of fused-ring (bicyclic) bond motifs is 1. The molecule has 2 aliphatic heterocycles. The van der Waals surface area contributed by atoms with E-state index in [1.54, 1.807) is 6.07 Å². The molecule has 2 aliphatic rings. The van der Waals surface area contributed by atoms with E-state index in [2.05, 4.69) is 27.7 Å². The van der Waals surface area contributed by atoms with Crippen molar-refractivity contribution in [3.05, 3.63) is 82.9 Å². The van der Waals surface area contributed by atoms with Crippen LogP contribution in [0.1, 0.15) is 24.0 Å². The Morgan fingerprint density at radius 3 is 2.41 bits per heavy atom. The molecule has 8 heteroatoms. The first-order valence-electron chi connectivity index (χ1n) is 12.8. The van der Waals surface area contributed by atoms with Gasteiger partial charge in [-0.2, -0.15) is 0 Å². The number of hydrogen-bond donors (Lipinski definition) is 2. The predicted octanol–water partition coefficient (Wildman–Crippen LogP) is 5.59. The van der Waals surface area contributed by atoms with E-state index in [1.165, 1.54) is 5.56 Å². The lowest BCUT2D eigenvalue weighted by atomic mass is 10.1. The van der Waals surface area contributed by atoms with E-state index in [1.807, 2.05) is 53.4 Å². The molecule has 0 radical (unpaired) electrons. The lowest BCUT2D eigenvalue weighted by molar-refractivity contribution is -0.116. The Labute approximate surface area is 222 Å². The van der Waals surface area contributed by atoms with Crippen LogP contribution in [0.4, 0.5) is 21.9 Å². The number of carbonyl (C=O) groups excluding carboxylic acids is 2. The topological polar surface area (TPSA) is 73.9 Å². The van der Waals surface area contributed by atoms with Gasteiger partial charge in [-0.3, -0.25) is 4.79 Å². The smallest absolute Gasteiger partial charge is 0.322 e. The first-order chi connectivity index (χ1) is 18.1. The van der Waals surface area contributed by atoms with Crippen molar-refractivity contribution in [1.82, 2.24) is 4.90 Å². The Bertz CT molecular complexity index is 1240. The maximum atomic E-state index is 12.9. The molecule has 1 saturated heterocycles. The molecule has 0 saturated carbocycles. The normalized spacial score (nSPS) is 14.6. The van der Waals surface area contributed by atoms with Gasteiger partial charge in [0.2, 0.25) is 5.91 Å². The van der Waals surface area contributed by atoms with Gasteiger partial charge in [0.05, 0.1) is 17.3 Å². The molecule has 1 fully saturated rings. The highest BCUT2D eigenvalue weighted by Crippen LogP contribution is 2.37. The first-order valence-corrected chi connectivity index (χ1v) is 13.1. The van der Waals surface area contributed by atoms with Crippen LogP contribution in [0.15, 0.2) is 66.7 Å². The third kappa shape index (κ3) is 6.17. The number of nitrogens with one attached hydrogen (secondary N) is 2. The summed E-state index contributed by atoms with van der Waals surface area (Å²) in [5.41, 5.74) is 4.73. The van der Waals surface area contributed by atoms with Gasteiger partial charge in [0.1, 0.15) is 5.75 Å². The molecule has 0 aliphatic carbocycles. The van der Waals surface area contributed by atoms with Crippen LogP contribution < -0.4 is 20.3 Å². The molecule has 7 nitrogen and oxygen atoms in total. The minimum absolute atomic E-state index is 0.0269. The van der Waals surface area contributed by atoms with Crippen LogP contribution in [0.3, 0.4) is 0 Å². The lowest BCUT2D eigenvalue weighted by Gasteiger charge is -2.36. The lowest BCUT2D eigenvalue weighted by Crippen LogP contribution is -2.50. The van der Waals surface area contributed by atoms with Crippen LogP contribution in [0, 0.1) is 0 Å². The Morgan fingerprint density at radius 1 is 0.892 bits per heavy atom. The van der Waals surface area contributed by atoms with E-state index in [0.29, 0.717) is 36.8 Å². The van der Waals surface area contributed by atoms with Gasteiger partial charge in [-0.25, -0.2) is 4.79 Å². The second-order valence-electron chi connectivity index (χ2n) is 9.34. The molecule has 192 valence electrons. The SMILES string of the molecule is O=C(CCCc1ccccc1)Nc1ccc(N2CCN(C(=O)Nc3c(Cl)ccc4c3CCO4)CC2)cc1. The maximum Gasteiger partial charge on any atom is 0.322 e.